The highest BCUT2D eigenvalue weighted by Gasteiger charge is 2.20. The van der Waals surface area contributed by atoms with Crippen molar-refractivity contribution in [1.29, 1.82) is 0 Å². The zero-order valence-electron chi connectivity index (χ0n) is 10.5. The molecule has 1 N–H and O–H groups in total. The van der Waals surface area contributed by atoms with Gasteiger partial charge in [0.25, 0.3) is 0 Å². The van der Waals surface area contributed by atoms with Gasteiger partial charge in [-0.1, -0.05) is 0 Å². The fraction of sp³-hybridized carbons (Fsp3) is 0.818. The molecule has 1 heterocycles. The van der Waals surface area contributed by atoms with Crippen LogP contribution in [0.5, 0.6) is 0 Å². The van der Waals surface area contributed by atoms with E-state index in [-0.39, 0.29) is 5.91 Å². The summed E-state index contributed by atoms with van der Waals surface area (Å²) in [6.07, 6.45) is 0. The van der Waals surface area contributed by atoms with E-state index in [1.165, 1.54) is 0 Å². The van der Waals surface area contributed by atoms with Crippen molar-refractivity contribution in [2.24, 2.45) is 4.99 Å². The van der Waals surface area contributed by atoms with E-state index in [2.05, 4.69) is 22.1 Å². The highest BCUT2D eigenvalue weighted by atomic mass is 16.2. The van der Waals surface area contributed by atoms with Gasteiger partial charge < -0.3 is 15.1 Å². The molecule has 1 rings (SSSR count). The average Bonchev–Trinajstić information content (AvgIpc) is 2.29. The number of nitrogens with zero attached hydrogens (tertiary/aromatic N) is 3. The SMILES string of the molecule is CCN=C(NCC)N1CCN(C(C)=O)CC1. The molecule has 1 fully saturated rings. The maximum absolute atomic E-state index is 11.2. The summed E-state index contributed by atoms with van der Waals surface area (Å²) in [4.78, 5) is 19.7. The van der Waals surface area contributed by atoms with Crippen LogP contribution >= 0.6 is 0 Å². The van der Waals surface area contributed by atoms with Crippen LogP contribution in [0.3, 0.4) is 0 Å². The van der Waals surface area contributed by atoms with Crippen molar-refractivity contribution in [1.82, 2.24) is 15.1 Å². The highest BCUT2D eigenvalue weighted by Crippen LogP contribution is 2.02. The molecule has 92 valence electrons. The predicted molar refractivity (Wildman–Crippen MR) is 65.5 cm³/mol. The van der Waals surface area contributed by atoms with Crippen LogP contribution in [0.25, 0.3) is 0 Å². The molecular weight excluding hydrogens is 204 g/mol. The van der Waals surface area contributed by atoms with Crippen LogP contribution in [0.4, 0.5) is 0 Å². The molecule has 5 heteroatoms. The molecular formula is C11H22N4O. The van der Waals surface area contributed by atoms with Crippen molar-refractivity contribution in [3.8, 4) is 0 Å². The molecule has 1 aliphatic heterocycles. The first-order valence-corrected chi connectivity index (χ1v) is 5.97. The molecule has 0 spiro atoms. The van der Waals surface area contributed by atoms with Crippen LogP contribution in [-0.4, -0.2) is 60.9 Å². The molecule has 0 atom stereocenters. The Morgan fingerprint density at radius 1 is 1.19 bits per heavy atom. The fourth-order valence-corrected chi connectivity index (χ4v) is 1.81. The van der Waals surface area contributed by atoms with Crippen molar-refractivity contribution >= 4 is 11.9 Å². The maximum atomic E-state index is 11.2. The fourth-order valence-electron chi connectivity index (χ4n) is 1.81. The van der Waals surface area contributed by atoms with Gasteiger partial charge in [-0.3, -0.25) is 9.79 Å². The number of hydrogen-bond donors (Lipinski definition) is 1. The first-order chi connectivity index (χ1) is 7.69. The van der Waals surface area contributed by atoms with Crippen LogP contribution < -0.4 is 5.32 Å². The Morgan fingerprint density at radius 2 is 1.75 bits per heavy atom. The molecule has 0 radical (unpaired) electrons. The molecule has 0 aromatic heterocycles. The summed E-state index contributed by atoms with van der Waals surface area (Å²) < 4.78 is 0. The number of carbonyl (C=O) groups is 1. The molecule has 0 aromatic rings. The lowest BCUT2D eigenvalue weighted by atomic mass is 10.3. The Hall–Kier alpha value is -1.26. The minimum Gasteiger partial charge on any atom is -0.357 e. The molecule has 1 saturated heterocycles. The number of carbonyl (C=O) groups excluding carboxylic acids is 1. The Morgan fingerprint density at radius 3 is 2.19 bits per heavy atom. The predicted octanol–water partition coefficient (Wildman–Crippen LogP) is 0.136. The Labute approximate surface area is 97.5 Å². The topological polar surface area (TPSA) is 47.9 Å². The lowest BCUT2D eigenvalue weighted by Gasteiger charge is -2.36. The van der Waals surface area contributed by atoms with Crippen molar-refractivity contribution < 1.29 is 4.79 Å². The lowest BCUT2D eigenvalue weighted by Crippen LogP contribution is -2.53. The summed E-state index contributed by atoms with van der Waals surface area (Å²) in [6.45, 7) is 10.7. The van der Waals surface area contributed by atoms with Crippen molar-refractivity contribution in [3.05, 3.63) is 0 Å². The second-order valence-corrected chi connectivity index (χ2v) is 3.82. The molecule has 5 nitrogen and oxygen atoms in total. The molecule has 1 aliphatic rings. The van der Waals surface area contributed by atoms with Gasteiger partial charge in [0.05, 0.1) is 0 Å². The summed E-state index contributed by atoms with van der Waals surface area (Å²) >= 11 is 0. The summed E-state index contributed by atoms with van der Waals surface area (Å²) in [6, 6.07) is 0. The van der Waals surface area contributed by atoms with Gasteiger partial charge in [-0.15, -0.1) is 0 Å². The quantitative estimate of drug-likeness (QED) is 0.538. The van der Waals surface area contributed by atoms with Gasteiger partial charge in [-0.05, 0) is 13.8 Å². The first kappa shape index (κ1) is 12.8. The average molecular weight is 226 g/mol. The monoisotopic (exact) mass is 226 g/mol. The Bertz CT molecular complexity index is 257. The van der Waals surface area contributed by atoms with E-state index < -0.39 is 0 Å². The number of aliphatic imine (C=N–C) groups is 1. The van der Waals surface area contributed by atoms with Gasteiger partial charge >= 0.3 is 0 Å². The van der Waals surface area contributed by atoms with Crippen molar-refractivity contribution in [2.45, 2.75) is 20.8 Å². The number of piperazine rings is 1. The van der Waals surface area contributed by atoms with E-state index in [9.17, 15) is 4.79 Å². The Balaban J connectivity index is 2.50. The third-order valence-corrected chi connectivity index (χ3v) is 2.67. The summed E-state index contributed by atoms with van der Waals surface area (Å²) in [5.74, 6) is 1.13. The summed E-state index contributed by atoms with van der Waals surface area (Å²) in [5, 5.41) is 3.27. The van der Waals surface area contributed by atoms with Gasteiger partial charge in [0.1, 0.15) is 0 Å². The second kappa shape index (κ2) is 6.35. The molecule has 0 unspecified atom stereocenters. The van der Waals surface area contributed by atoms with Gasteiger partial charge in [0.15, 0.2) is 5.96 Å². The van der Waals surface area contributed by atoms with Crippen LogP contribution in [0.15, 0.2) is 4.99 Å². The van der Waals surface area contributed by atoms with Crippen molar-refractivity contribution in [2.75, 3.05) is 39.3 Å². The van der Waals surface area contributed by atoms with E-state index in [0.717, 1.165) is 45.2 Å². The van der Waals surface area contributed by atoms with Crippen LogP contribution in [0.1, 0.15) is 20.8 Å². The molecule has 0 bridgehead atoms. The molecule has 0 saturated carbocycles. The van der Waals surface area contributed by atoms with E-state index in [1.54, 1.807) is 6.92 Å². The zero-order valence-corrected chi connectivity index (χ0v) is 10.5. The highest BCUT2D eigenvalue weighted by molar-refractivity contribution is 5.80. The van der Waals surface area contributed by atoms with E-state index >= 15 is 0 Å². The van der Waals surface area contributed by atoms with E-state index in [0.29, 0.717) is 0 Å². The largest absolute Gasteiger partial charge is 0.357 e. The van der Waals surface area contributed by atoms with E-state index in [1.807, 2.05) is 11.8 Å². The number of hydrogen-bond acceptors (Lipinski definition) is 2. The number of amides is 1. The van der Waals surface area contributed by atoms with Crippen molar-refractivity contribution in [3.63, 3.8) is 0 Å². The molecule has 0 aromatic carbocycles. The normalized spacial score (nSPS) is 17.6. The summed E-state index contributed by atoms with van der Waals surface area (Å²) in [5.41, 5.74) is 0. The standard InChI is InChI=1S/C11H22N4O/c1-4-12-11(13-5-2)15-8-6-14(7-9-15)10(3)16/h4-9H2,1-3H3,(H,12,13). The minimum atomic E-state index is 0.164. The molecule has 0 aliphatic carbocycles. The third-order valence-electron chi connectivity index (χ3n) is 2.67. The minimum absolute atomic E-state index is 0.164. The molecule has 1 amide bonds. The van der Waals surface area contributed by atoms with Crippen LogP contribution in [0, 0.1) is 0 Å². The van der Waals surface area contributed by atoms with Gasteiger partial charge in [-0.25, -0.2) is 0 Å². The third kappa shape index (κ3) is 3.40. The Kier molecular flexibility index (Phi) is 5.08. The maximum Gasteiger partial charge on any atom is 0.219 e. The number of nitrogens with one attached hydrogen (secondary N) is 1. The first-order valence-electron chi connectivity index (χ1n) is 5.97. The van der Waals surface area contributed by atoms with Gasteiger partial charge in [-0.2, -0.15) is 0 Å². The lowest BCUT2D eigenvalue weighted by molar-refractivity contribution is -0.130. The van der Waals surface area contributed by atoms with Gasteiger partial charge in [0, 0.05) is 46.2 Å². The summed E-state index contributed by atoms with van der Waals surface area (Å²) in [7, 11) is 0. The van der Waals surface area contributed by atoms with Crippen LogP contribution in [0.2, 0.25) is 0 Å². The van der Waals surface area contributed by atoms with E-state index in [4.69, 9.17) is 0 Å². The molecule has 16 heavy (non-hydrogen) atoms. The second-order valence-electron chi connectivity index (χ2n) is 3.82. The number of rotatable bonds is 2. The van der Waals surface area contributed by atoms with Gasteiger partial charge in [0.2, 0.25) is 5.91 Å². The smallest absolute Gasteiger partial charge is 0.219 e. The van der Waals surface area contributed by atoms with Crippen LogP contribution in [-0.2, 0) is 4.79 Å². The number of guanidine groups is 1. The zero-order chi connectivity index (χ0) is 12.0.